The minimum absolute atomic E-state index is 0.228. The van der Waals surface area contributed by atoms with Gasteiger partial charge in [0.1, 0.15) is 11.6 Å². The summed E-state index contributed by atoms with van der Waals surface area (Å²) in [6.07, 6.45) is 0.865. The summed E-state index contributed by atoms with van der Waals surface area (Å²) >= 11 is 0. The summed E-state index contributed by atoms with van der Waals surface area (Å²) in [6.45, 7) is 0.655. The average molecular weight is 290 g/mol. The lowest BCUT2D eigenvalue weighted by Crippen LogP contribution is -2.19. The summed E-state index contributed by atoms with van der Waals surface area (Å²) < 4.78 is 30.9. The van der Waals surface area contributed by atoms with Crippen molar-refractivity contribution >= 4 is 10.8 Å². The van der Waals surface area contributed by atoms with E-state index in [1.165, 1.54) is 12.1 Å². The molecule has 1 aliphatic rings. The molecule has 0 radical (unpaired) electrons. The Morgan fingerprint density at radius 1 is 1.15 bits per heavy atom. The van der Waals surface area contributed by atoms with Gasteiger partial charge in [-0.1, -0.05) is 18.2 Å². The molecule has 2 aromatic carbocycles. The average Bonchev–Trinajstić information content (AvgIpc) is 2.48. The third-order valence-corrected chi connectivity index (χ3v) is 5.01. The van der Waals surface area contributed by atoms with Gasteiger partial charge in [0.2, 0.25) is 0 Å². The Labute approximate surface area is 120 Å². The van der Waals surface area contributed by atoms with Crippen molar-refractivity contribution in [3.63, 3.8) is 0 Å². The molecule has 0 amide bonds. The van der Waals surface area contributed by atoms with Crippen molar-refractivity contribution in [2.75, 3.05) is 12.4 Å². The molecule has 104 valence electrons. The van der Waals surface area contributed by atoms with Crippen LogP contribution in [0.15, 0.2) is 53.4 Å². The van der Waals surface area contributed by atoms with Gasteiger partial charge >= 0.3 is 0 Å². The second-order valence-corrected chi connectivity index (χ2v) is 6.33. The van der Waals surface area contributed by atoms with E-state index in [9.17, 15) is 8.60 Å². The van der Waals surface area contributed by atoms with Crippen LogP contribution in [-0.2, 0) is 10.8 Å². The van der Waals surface area contributed by atoms with E-state index in [0.29, 0.717) is 17.3 Å². The molecule has 0 N–H and O–H groups in total. The molecule has 0 aromatic heterocycles. The van der Waals surface area contributed by atoms with Crippen molar-refractivity contribution in [3.8, 4) is 5.75 Å². The topological polar surface area (TPSA) is 26.3 Å². The van der Waals surface area contributed by atoms with Crippen LogP contribution in [0, 0.1) is 5.82 Å². The van der Waals surface area contributed by atoms with Gasteiger partial charge in [0.15, 0.2) is 0 Å². The van der Waals surface area contributed by atoms with Gasteiger partial charge < -0.3 is 4.74 Å². The van der Waals surface area contributed by atoms with Crippen molar-refractivity contribution in [2.45, 2.75) is 17.2 Å². The molecule has 0 fully saturated rings. The van der Waals surface area contributed by atoms with Crippen molar-refractivity contribution in [1.29, 1.82) is 0 Å². The highest BCUT2D eigenvalue weighted by atomic mass is 32.2. The number of fused-ring (bicyclic) bond motifs is 1. The molecule has 2 unspecified atom stereocenters. The Kier molecular flexibility index (Phi) is 3.83. The molecule has 1 heterocycles. The largest absolute Gasteiger partial charge is 0.493 e. The van der Waals surface area contributed by atoms with Gasteiger partial charge in [-0.2, -0.15) is 0 Å². The number of para-hydroxylation sites is 1. The van der Waals surface area contributed by atoms with Crippen molar-refractivity contribution in [1.82, 2.24) is 0 Å². The van der Waals surface area contributed by atoms with Crippen LogP contribution < -0.4 is 4.74 Å². The molecule has 2 nitrogen and oxygen atoms in total. The summed E-state index contributed by atoms with van der Waals surface area (Å²) in [6, 6.07) is 13.8. The Hall–Kier alpha value is -1.68. The van der Waals surface area contributed by atoms with Gasteiger partial charge in [-0.25, -0.2) is 4.39 Å². The molecule has 0 bridgehead atoms. The van der Waals surface area contributed by atoms with Crippen LogP contribution in [0.2, 0.25) is 0 Å². The van der Waals surface area contributed by atoms with E-state index in [2.05, 4.69) is 0 Å². The molecule has 1 aliphatic heterocycles. The van der Waals surface area contributed by atoms with E-state index in [-0.39, 0.29) is 11.7 Å². The second kappa shape index (κ2) is 5.75. The maximum absolute atomic E-state index is 12.9. The normalized spacial score (nSPS) is 18.9. The summed E-state index contributed by atoms with van der Waals surface area (Å²) in [5.74, 6) is 1.36. The first-order valence-corrected chi connectivity index (χ1v) is 7.91. The SMILES string of the molecule is O=S(CC1CCOc2ccccc21)c1ccc(F)cc1. The van der Waals surface area contributed by atoms with Crippen molar-refractivity contribution < 1.29 is 13.3 Å². The zero-order valence-corrected chi connectivity index (χ0v) is 11.7. The summed E-state index contributed by atoms with van der Waals surface area (Å²) in [5.41, 5.74) is 1.12. The molecule has 0 aliphatic carbocycles. The highest BCUT2D eigenvalue weighted by Crippen LogP contribution is 2.34. The summed E-state index contributed by atoms with van der Waals surface area (Å²) in [7, 11) is -1.12. The first kappa shape index (κ1) is 13.3. The Bertz CT molecular complexity index is 625. The third kappa shape index (κ3) is 2.75. The Morgan fingerprint density at radius 2 is 1.90 bits per heavy atom. The lowest BCUT2D eigenvalue weighted by Gasteiger charge is -2.25. The number of halogens is 1. The predicted octanol–water partition coefficient (Wildman–Crippen LogP) is 3.50. The molecule has 2 atom stereocenters. The smallest absolute Gasteiger partial charge is 0.123 e. The first-order valence-electron chi connectivity index (χ1n) is 6.60. The fourth-order valence-electron chi connectivity index (χ4n) is 2.45. The number of ether oxygens (including phenoxy) is 1. The minimum atomic E-state index is -1.12. The van der Waals surface area contributed by atoms with E-state index in [1.807, 2.05) is 24.3 Å². The zero-order chi connectivity index (χ0) is 13.9. The Balaban J connectivity index is 1.79. The van der Waals surface area contributed by atoms with Crippen LogP contribution in [0.1, 0.15) is 17.9 Å². The van der Waals surface area contributed by atoms with Crippen LogP contribution in [0.3, 0.4) is 0 Å². The van der Waals surface area contributed by atoms with E-state index in [0.717, 1.165) is 17.7 Å². The van der Waals surface area contributed by atoms with Crippen LogP contribution in [0.25, 0.3) is 0 Å². The molecule has 3 rings (SSSR count). The molecule has 0 saturated heterocycles. The third-order valence-electron chi connectivity index (χ3n) is 3.51. The van der Waals surface area contributed by atoms with Gasteiger partial charge in [-0.05, 0) is 42.3 Å². The second-order valence-electron chi connectivity index (χ2n) is 4.84. The quantitative estimate of drug-likeness (QED) is 0.865. The first-order chi connectivity index (χ1) is 9.74. The molecule has 0 spiro atoms. The lowest BCUT2D eigenvalue weighted by molar-refractivity contribution is 0.273. The van der Waals surface area contributed by atoms with E-state index >= 15 is 0 Å². The predicted molar refractivity (Wildman–Crippen MR) is 77.0 cm³/mol. The van der Waals surface area contributed by atoms with Gasteiger partial charge in [0.25, 0.3) is 0 Å². The van der Waals surface area contributed by atoms with Gasteiger partial charge in [0, 0.05) is 16.6 Å². The van der Waals surface area contributed by atoms with E-state index in [4.69, 9.17) is 4.74 Å². The van der Waals surface area contributed by atoms with Gasteiger partial charge in [-0.3, -0.25) is 4.21 Å². The maximum atomic E-state index is 12.9. The highest BCUT2D eigenvalue weighted by molar-refractivity contribution is 7.85. The zero-order valence-electron chi connectivity index (χ0n) is 10.9. The van der Waals surface area contributed by atoms with Crippen LogP contribution in [-0.4, -0.2) is 16.6 Å². The fraction of sp³-hybridized carbons (Fsp3) is 0.250. The summed E-state index contributed by atoms with van der Waals surface area (Å²) in [5, 5.41) is 0. The van der Waals surface area contributed by atoms with Crippen molar-refractivity contribution in [2.24, 2.45) is 0 Å². The molecular weight excluding hydrogens is 275 g/mol. The van der Waals surface area contributed by atoms with Gasteiger partial charge in [0.05, 0.1) is 17.4 Å². The van der Waals surface area contributed by atoms with Crippen molar-refractivity contribution in [3.05, 3.63) is 59.9 Å². The van der Waals surface area contributed by atoms with Crippen LogP contribution in [0.5, 0.6) is 5.75 Å². The lowest BCUT2D eigenvalue weighted by atomic mass is 9.95. The number of hydrogen-bond donors (Lipinski definition) is 0. The monoisotopic (exact) mass is 290 g/mol. The van der Waals surface area contributed by atoms with E-state index in [1.54, 1.807) is 12.1 Å². The minimum Gasteiger partial charge on any atom is -0.493 e. The summed E-state index contributed by atoms with van der Waals surface area (Å²) in [4.78, 5) is 0.676. The number of benzene rings is 2. The molecular formula is C16H15FO2S. The van der Waals surface area contributed by atoms with Gasteiger partial charge in [-0.15, -0.1) is 0 Å². The van der Waals surface area contributed by atoms with E-state index < -0.39 is 10.8 Å². The highest BCUT2D eigenvalue weighted by Gasteiger charge is 2.23. The Morgan fingerprint density at radius 3 is 2.70 bits per heavy atom. The van der Waals surface area contributed by atoms with Crippen LogP contribution in [0.4, 0.5) is 4.39 Å². The molecule has 20 heavy (non-hydrogen) atoms. The molecule has 2 aromatic rings. The maximum Gasteiger partial charge on any atom is 0.123 e. The molecule has 4 heteroatoms. The standard InChI is InChI=1S/C16H15FO2S/c17-13-5-7-14(8-6-13)20(18)11-12-9-10-19-16-4-2-1-3-15(12)16/h1-8,12H,9-11H2. The molecule has 0 saturated carbocycles. The fourth-order valence-corrected chi connectivity index (χ4v) is 3.80. The number of hydrogen-bond acceptors (Lipinski definition) is 2. The van der Waals surface area contributed by atoms with Crippen LogP contribution >= 0.6 is 0 Å². The number of rotatable bonds is 3.